The van der Waals surface area contributed by atoms with Gasteiger partial charge in [-0.1, -0.05) is 5.92 Å². The fourth-order valence-corrected chi connectivity index (χ4v) is 5.87. The van der Waals surface area contributed by atoms with Crippen molar-refractivity contribution in [2.24, 2.45) is 46.8 Å². The van der Waals surface area contributed by atoms with Gasteiger partial charge < -0.3 is 0 Å². The Kier molecular flexibility index (Phi) is 0.543. The molecule has 1 heteroatoms. The molecule has 0 unspecified atom stereocenters. The number of hydrogen-bond acceptors (Lipinski definition) is 1. The highest BCUT2D eigenvalue weighted by molar-refractivity contribution is 5.88. The number of ketones is 1. The van der Waals surface area contributed by atoms with Crippen molar-refractivity contribution in [1.82, 2.24) is 0 Å². The van der Waals surface area contributed by atoms with E-state index in [4.69, 9.17) is 6.42 Å². The molecule has 1 nitrogen and oxygen atoms in total. The van der Waals surface area contributed by atoms with E-state index in [1.165, 1.54) is 0 Å². The second-order valence-electron chi connectivity index (χ2n) is 5.67. The molecule has 2 bridgehead atoms. The zero-order valence-electron chi connectivity index (χ0n) is 7.23. The Hall–Kier alpha value is -0.770. The third-order valence-corrected chi connectivity index (χ3v) is 5.88. The molecule has 0 heterocycles. The van der Waals surface area contributed by atoms with Crippen LogP contribution in [0.25, 0.3) is 0 Å². The molecule has 0 aromatic heterocycles. The molecule has 6 saturated carbocycles. The number of terminal acetylenes is 1. The summed E-state index contributed by atoms with van der Waals surface area (Å²) >= 11 is 0. The Morgan fingerprint density at radius 3 is 2.69 bits per heavy atom. The predicted octanol–water partition coefficient (Wildman–Crippen LogP) is 0.947. The molecule has 0 aromatic rings. The van der Waals surface area contributed by atoms with Gasteiger partial charge in [0.05, 0.1) is 0 Å². The topological polar surface area (TPSA) is 17.1 Å². The Balaban J connectivity index is 1.85. The van der Waals surface area contributed by atoms with Gasteiger partial charge in [0.1, 0.15) is 5.78 Å². The van der Waals surface area contributed by atoms with Gasteiger partial charge in [0, 0.05) is 17.8 Å². The Labute approximate surface area is 76.9 Å². The lowest BCUT2D eigenvalue weighted by Gasteiger charge is -2.32. The zero-order chi connectivity index (χ0) is 8.53. The van der Waals surface area contributed by atoms with Crippen molar-refractivity contribution < 1.29 is 4.79 Å². The minimum absolute atomic E-state index is 0.261. The van der Waals surface area contributed by atoms with Gasteiger partial charge in [0.2, 0.25) is 0 Å². The third-order valence-electron chi connectivity index (χ3n) is 5.88. The summed E-state index contributed by atoms with van der Waals surface area (Å²) in [5, 5.41) is 0. The van der Waals surface area contributed by atoms with Gasteiger partial charge in [-0.3, -0.25) is 4.79 Å². The van der Waals surface area contributed by atoms with Crippen LogP contribution in [0.5, 0.6) is 0 Å². The Morgan fingerprint density at radius 1 is 1.31 bits per heavy atom. The highest BCUT2D eigenvalue weighted by Gasteiger charge is 2.96. The molecule has 64 valence electrons. The van der Waals surface area contributed by atoms with E-state index in [1.54, 1.807) is 0 Å². The van der Waals surface area contributed by atoms with Crippen LogP contribution in [0.15, 0.2) is 0 Å². The average molecular weight is 170 g/mol. The maximum atomic E-state index is 11.7. The second kappa shape index (κ2) is 1.21. The predicted molar refractivity (Wildman–Crippen MR) is 45.3 cm³/mol. The van der Waals surface area contributed by atoms with E-state index >= 15 is 0 Å². The number of carbonyl (C=O) groups excluding carboxylic acids is 1. The summed E-state index contributed by atoms with van der Waals surface area (Å²) in [6.45, 7) is 0. The monoisotopic (exact) mass is 170 g/mol. The molecule has 0 spiro atoms. The van der Waals surface area contributed by atoms with Gasteiger partial charge in [-0.25, -0.2) is 0 Å². The molecular formula is C12H10O. The fourth-order valence-electron chi connectivity index (χ4n) is 5.87. The largest absolute Gasteiger partial charge is 0.299 e. The molecule has 0 N–H and O–H groups in total. The molecule has 13 heavy (non-hydrogen) atoms. The molecule has 6 rings (SSSR count). The summed E-state index contributed by atoms with van der Waals surface area (Å²) < 4.78 is 0. The van der Waals surface area contributed by atoms with Crippen LogP contribution in [-0.4, -0.2) is 5.78 Å². The number of Topliss-reactive ketones (excluding diaryl/α,β-unsaturated/α-hetero) is 1. The van der Waals surface area contributed by atoms with Gasteiger partial charge in [-0.15, -0.1) is 6.42 Å². The maximum Gasteiger partial charge on any atom is 0.136 e. The van der Waals surface area contributed by atoms with Gasteiger partial charge in [0.25, 0.3) is 0 Å². The molecule has 6 fully saturated rings. The third kappa shape index (κ3) is 0.303. The van der Waals surface area contributed by atoms with Crippen LogP contribution >= 0.6 is 0 Å². The van der Waals surface area contributed by atoms with Crippen LogP contribution in [-0.2, 0) is 4.79 Å². The van der Waals surface area contributed by atoms with Gasteiger partial charge in [-0.05, 0) is 35.5 Å². The molecule has 0 aromatic carbocycles. The highest BCUT2D eigenvalue weighted by atomic mass is 16.1. The number of carbonyl (C=O) groups is 1. The fraction of sp³-hybridized carbons (Fsp3) is 0.750. The lowest BCUT2D eigenvalue weighted by Crippen LogP contribution is -2.35. The quantitative estimate of drug-likeness (QED) is 0.495. The molecule has 8 atom stereocenters. The molecule has 0 saturated heterocycles. The van der Waals surface area contributed by atoms with E-state index in [1.807, 2.05) is 0 Å². The first-order chi connectivity index (χ1) is 6.32. The molecular weight excluding hydrogens is 160 g/mol. The normalized spacial score (nSPS) is 78.1. The van der Waals surface area contributed by atoms with Crippen molar-refractivity contribution in [2.45, 2.75) is 6.42 Å². The van der Waals surface area contributed by atoms with Crippen LogP contribution in [0.3, 0.4) is 0 Å². The Morgan fingerprint density at radius 2 is 2.15 bits per heavy atom. The minimum atomic E-state index is 0.261. The maximum absolute atomic E-state index is 11.7. The van der Waals surface area contributed by atoms with E-state index in [2.05, 4.69) is 5.92 Å². The number of hydrogen-bond donors (Lipinski definition) is 0. The minimum Gasteiger partial charge on any atom is -0.299 e. The molecule has 6 aliphatic rings. The standard InChI is InChI=1S/C12H10O/c1-2-12-9-4-3-5(13)7(11(9)12)8-6(4)10(8)12/h1,4,6-11H,3H2/t4-,6-,7+,8-,9+,10-,11-,12-/m1/s1. The van der Waals surface area contributed by atoms with Crippen LogP contribution in [0.4, 0.5) is 0 Å². The summed E-state index contributed by atoms with van der Waals surface area (Å²) in [6.07, 6.45) is 6.56. The smallest absolute Gasteiger partial charge is 0.136 e. The van der Waals surface area contributed by atoms with Crippen LogP contribution in [0, 0.1) is 59.2 Å². The van der Waals surface area contributed by atoms with Gasteiger partial charge in [0.15, 0.2) is 0 Å². The van der Waals surface area contributed by atoms with Crippen molar-refractivity contribution in [3.05, 3.63) is 0 Å². The SMILES string of the molecule is C#C[C@@]12[C@@H]3[C@@H]4[C@H]5CC(=O)[C@@H]([C@@H]43)[C@@H]1[C@H]52. The van der Waals surface area contributed by atoms with Crippen molar-refractivity contribution in [1.29, 1.82) is 0 Å². The van der Waals surface area contributed by atoms with Crippen molar-refractivity contribution in [3.63, 3.8) is 0 Å². The second-order valence-corrected chi connectivity index (χ2v) is 5.67. The van der Waals surface area contributed by atoms with E-state index in [0.29, 0.717) is 17.6 Å². The van der Waals surface area contributed by atoms with Gasteiger partial charge in [-0.2, -0.15) is 0 Å². The van der Waals surface area contributed by atoms with Crippen molar-refractivity contribution in [3.8, 4) is 12.3 Å². The number of fused-ring (bicyclic) bond motifs is 1. The van der Waals surface area contributed by atoms with Crippen LogP contribution < -0.4 is 0 Å². The van der Waals surface area contributed by atoms with Crippen molar-refractivity contribution >= 4 is 5.78 Å². The first-order valence-corrected chi connectivity index (χ1v) is 5.33. The van der Waals surface area contributed by atoms with Crippen LogP contribution in [0.1, 0.15) is 6.42 Å². The zero-order valence-corrected chi connectivity index (χ0v) is 7.23. The summed E-state index contributed by atoms with van der Waals surface area (Å²) in [5.74, 6) is 8.69. The first-order valence-electron chi connectivity index (χ1n) is 5.33. The van der Waals surface area contributed by atoms with E-state index in [0.717, 1.165) is 36.0 Å². The number of rotatable bonds is 0. The van der Waals surface area contributed by atoms with E-state index in [-0.39, 0.29) is 5.41 Å². The molecule has 6 aliphatic carbocycles. The summed E-state index contributed by atoms with van der Waals surface area (Å²) in [7, 11) is 0. The first kappa shape index (κ1) is 5.86. The lowest BCUT2D eigenvalue weighted by atomic mass is 9.70. The average Bonchev–Trinajstić information content (AvgIpc) is 2.94. The molecule has 0 amide bonds. The van der Waals surface area contributed by atoms with Crippen molar-refractivity contribution in [2.75, 3.05) is 0 Å². The van der Waals surface area contributed by atoms with Gasteiger partial charge >= 0.3 is 0 Å². The Bertz CT molecular complexity index is 413. The summed E-state index contributed by atoms with van der Waals surface area (Å²) in [5.41, 5.74) is 0.261. The lowest BCUT2D eigenvalue weighted by molar-refractivity contribution is -0.130. The molecule has 0 aliphatic heterocycles. The molecule has 0 radical (unpaired) electrons. The van der Waals surface area contributed by atoms with Crippen LogP contribution in [0.2, 0.25) is 0 Å². The van der Waals surface area contributed by atoms with E-state index < -0.39 is 0 Å². The van der Waals surface area contributed by atoms with E-state index in [9.17, 15) is 4.79 Å². The highest BCUT2D eigenvalue weighted by Crippen LogP contribution is 2.96. The summed E-state index contributed by atoms with van der Waals surface area (Å²) in [4.78, 5) is 11.7. The summed E-state index contributed by atoms with van der Waals surface area (Å²) in [6, 6.07) is 0.